The highest BCUT2D eigenvalue weighted by atomic mass is 19.4. The summed E-state index contributed by atoms with van der Waals surface area (Å²) < 4.78 is 50.1. The van der Waals surface area contributed by atoms with Gasteiger partial charge in [0.15, 0.2) is 0 Å². The quantitative estimate of drug-likeness (QED) is 0.620. The Labute approximate surface area is 176 Å². The summed E-state index contributed by atoms with van der Waals surface area (Å²) in [6.07, 6.45) is -0.0647. The first kappa shape index (κ1) is 21.2. The fourth-order valence-corrected chi connectivity index (χ4v) is 3.92. The Morgan fingerprint density at radius 1 is 1.16 bits per heavy atom. The van der Waals surface area contributed by atoms with E-state index in [0.29, 0.717) is 17.9 Å². The van der Waals surface area contributed by atoms with Gasteiger partial charge < -0.3 is 19.9 Å². The first-order valence-electron chi connectivity index (χ1n) is 9.99. The predicted octanol–water partition coefficient (Wildman–Crippen LogP) is 4.33. The molecule has 2 aromatic heterocycles. The minimum absolute atomic E-state index is 0.137. The van der Waals surface area contributed by atoms with Gasteiger partial charge >= 0.3 is 6.36 Å². The number of ether oxygens (including phenoxy) is 2. The van der Waals surface area contributed by atoms with Crippen molar-refractivity contribution in [1.29, 1.82) is 0 Å². The van der Waals surface area contributed by atoms with Crippen LogP contribution in [0.3, 0.4) is 0 Å². The van der Waals surface area contributed by atoms with Gasteiger partial charge in [0, 0.05) is 17.8 Å². The number of aromatic nitrogens is 3. The monoisotopic (exact) mass is 436 g/mol. The lowest BCUT2D eigenvalue weighted by Gasteiger charge is -2.28. The van der Waals surface area contributed by atoms with Crippen LogP contribution in [0, 0.1) is 6.92 Å². The van der Waals surface area contributed by atoms with Crippen LogP contribution in [0.2, 0.25) is 0 Å². The molecule has 0 amide bonds. The second kappa shape index (κ2) is 8.26. The standard InChI is InChI=1S/C21H23F3N4O3/c1-12-9-16-19(14-8-7-13(30-2)10-18(14)31-21(22,23)24)26-27-20(28(16)11-12)25-15-5-3-4-6-17(15)29/h7-11,15,17,29H,3-6H2,1-2H3,(H,25,27)/t15-,17-/m0/s1. The smallest absolute Gasteiger partial charge is 0.497 e. The number of benzene rings is 1. The molecule has 10 heteroatoms. The van der Waals surface area contributed by atoms with Crippen molar-refractivity contribution in [3.63, 3.8) is 0 Å². The van der Waals surface area contributed by atoms with Gasteiger partial charge in [0.2, 0.25) is 5.95 Å². The predicted molar refractivity (Wildman–Crippen MR) is 108 cm³/mol. The number of halogens is 3. The van der Waals surface area contributed by atoms with Gasteiger partial charge in [-0.2, -0.15) is 0 Å². The minimum atomic E-state index is -4.87. The average Bonchev–Trinajstić information content (AvgIpc) is 3.11. The van der Waals surface area contributed by atoms with Crippen LogP contribution in [0.1, 0.15) is 31.2 Å². The Morgan fingerprint density at radius 2 is 1.94 bits per heavy atom. The second-order valence-electron chi connectivity index (χ2n) is 7.66. The summed E-state index contributed by atoms with van der Waals surface area (Å²) in [5.74, 6) is 0.220. The molecule has 1 fully saturated rings. The first-order valence-corrected chi connectivity index (χ1v) is 9.99. The van der Waals surface area contributed by atoms with Crippen LogP contribution in [0.25, 0.3) is 16.8 Å². The van der Waals surface area contributed by atoms with Crippen LogP contribution < -0.4 is 14.8 Å². The lowest BCUT2D eigenvalue weighted by Crippen LogP contribution is -2.37. The van der Waals surface area contributed by atoms with Gasteiger partial charge in [-0.25, -0.2) is 0 Å². The number of aryl methyl sites for hydroxylation is 1. The minimum Gasteiger partial charge on any atom is -0.497 e. The highest BCUT2D eigenvalue weighted by molar-refractivity contribution is 5.82. The summed E-state index contributed by atoms with van der Waals surface area (Å²) in [6, 6.07) is 5.82. The van der Waals surface area contributed by atoms with Gasteiger partial charge in [-0.3, -0.25) is 4.40 Å². The molecule has 2 atom stereocenters. The molecule has 166 valence electrons. The highest BCUT2D eigenvalue weighted by Crippen LogP contribution is 2.38. The van der Waals surface area contributed by atoms with Gasteiger partial charge in [0.1, 0.15) is 17.2 Å². The van der Waals surface area contributed by atoms with Crippen molar-refractivity contribution >= 4 is 11.5 Å². The summed E-state index contributed by atoms with van der Waals surface area (Å²) in [7, 11) is 1.36. The lowest BCUT2D eigenvalue weighted by molar-refractivity contribution is -0.274. The third kappa shape index (κ3) is 4.53. The number of aliphatic hydroxyl groups is 1. The van der Waals surface area contributed by atoms with Crippen molar-refractivity contribution in [1.82, 2.24) is 14.6 Å². The molecule has 0 radical (unpaired) electrons. The van der Waals surface area contributed by atoms with E-state index in [1.165, 1.54) is 25.3 Å². The Bertz CT molecular complexity index is 1080. The molecule has 1 aliphatic carbocycles. The number of nitrogens with one attached hydrogen (secondary N) is 1. The summed E-state index contributed by atoms with van der Waals surface area (Å²) >= 11 is 0. The van der Waals surface area contributed by atoms with Crippen LogP contribution in [0.15, 0.2) is 30.5 Å². The van der Waals surface area contributed by atoms with Crippen molar-refractivity contribution < 1.29 is 27.8 Å². The van der Waals surface area contributed by atoms with Crippen LogP contribution in [-0.2, 0) is 0 Å². The third-order valence-electron chi connectivity index (χ3n) is 5.39. The zero-order valence-electron chi connectivity index (χ0n) is 17.1. The summed E-state index contributed by atoms with van der Waals surface area (Å²) in [4.78, 5) is 0. The van der Waals surface area contributed by atoms with E-state index >= 15 is 0 Å². The molecule has 0 unspecified atom stereocenters. The molecule has 31 heavy (non-hydrogen) atoms. The van der Waals surface area contributed by atoms with E-state index in [0.717, 1.165) is 24.8 Å². The second-order valence-corrected chi connectivity index (χ2v) is 7.66. The van der Waals surface area contributed by atoms with Crippen LogP contribution in [-0.4, -0.2) is 45.3 Å². The summed E-state index contributed by atoms with van der Waals surface area (Å²) in [5, 5.41) is 22.0. The molecule has 4 rings (SSSR count). The lowest BCUT2D eigenvalue weighted by atomic mass is 9.93. The summed E-state index contributed by atoms with van der Waals surface area (Å²) in [5.41, 5.74) is 1.83. The zero-order valence-corrected chi connectivity index (χ0v) is 17.1. The fraction of sp³-hybridized carbons (Fsp3) is 0.429. The Kier molecular flexibility index (Phi) is 5.65. The maximum absolute atomic E-state index is 13.0. The number of anilines is 1. The molecule has 7 nitrogen and oxygen atoms in total. The Balaban J connectivity index is 1.79. The largest absolute Gasteiger partial charge is 0.573 e. The molecule has 2 heterocycles. The normalized spacial score (nSPS) is 19.4. The molecule has 0 bridgehead atoms. The van der Waals surface area contributed by atoms with Crippen molar-refractivity contribution in [2.24, 2.45) is 0 Å². The Morgan fingerprint density at radius 3 is 2.65 bits per heavy atom. The van der Waals surface area contributed by atoms with Crippen molar-refractivity contribution in [3.8, 4) is 22.8 Å². The maximum atomic E-state index is 13.0. The van der Waals surface area contributed by atoms with E-state index in [1.54, 1.807) is 4.40 Å². The van der Waals surface area contributed by atoms with Gasteiger partial charge in [0.05, 0.1) is 24.8 Å². The molecule has 1 aliphatic rings. The topological polar surface area (TPSA) is 80.9 Å². The number of nitrogens with zero attached hydrogens (tertiary/aromatic N) is 3. The van der Waals surface area contributed by atoms with Crippen molar-refractivity contribution in [2.45, 2.75) is 51.1 Å². The highest BCUT2D eigenvalue weighted by Gasteiger charge is 2.33. The molecular formula is C21H23F3N4O3. The first-order chi connectivity index (χ1) is 14.7. The maximum Gasteiger partial charge on any atom is 0.573 e. The van der Waals surface area contributed by atoms with Crippen LogP contribution in [0.4, 0.5) is 19.1 Å². The van der Waals surface area contributed by atoms with Gasteiger partial charge in [-0.05, 0) is 43.5 Å². The molecule has 1 saturated carbocycles. The molecule has 3 aromatic rings. The van der Waals surface area contributed by atoms with E-state index in [-0.39, 0.29) is 23.0 Å². The molecule has 0 saturated heterocycles. The number of rotatable bonds is 5. The number of methoxy groups -OCH3 is 1. The summed E-state index contributed by atoms with van der Waals surface area (Å²) in [6.45, 7) is 1.87. The fourth-order valence-electron chi connectivity index (χ4n) is 3.92. The SMILES string of the molecule is COc1ccc(-c2nnc(N[C@H]3CCCC[C@@H]3O)n3cc(C)cc23)c(OC(F)(F)F)c1. The number of alkyl halides is 3. The van der Waals surface area contributed by atoms with E-state index in [1.807, 2.05) is 19.2 Å². The number of hydrogen-bond donors (Lipinski definition) is 2. The van der Waals surface area contributed by atoms with Crippen molar-refractivity contribution in [2.75, 3.05) is 12.4 Å². The van der Waals surface area contributed by atoms with Gasteiger partial charge in [0.25, 0.3) is 0 Å². The van der Waals surface area contributed by atoms with E-state index in [2.05, 4.69) is 20.3 Å². The van der Waals surface area contributed by atoms with E-state index < -0.39 is 18.2 Å². The number of fused-ring (bicyclic) bond motifs is 1. The molecule has 0 aliphatic heterocycles. The number of aliphatic hydroxyl groups excluding tert-OH is 1. The molecular weight excluding hydrogens is 413 g/mol. The molecule has 1 aromatic carbocycles. The molecule has 0 spiro atoms. The van der Waals surface area contributed by atoms with E-state index in [4.69, 9.17) is 4.74 Å². The average molecular weight is 436 g/mol. The Hall–Kier alpha value is -3.01. The van der Waals surface area contributed by atoms with Crippen LogP contribution in [0.5, 0.6) is 11.5 Å². The van der Waals surface area contributed by atoms with Gasteiger partial charge in [-0.15, -0.1) is 23.4 Å². The van der Waals surface area contributed by atoms with Crippen molar-refractivity contribution in [3.05, 3.63) is 36.0 Å². The van der Waals surface area contributed by atoms with Crippen LogP contribution >= 0.6 is 0 Å². The zero-order chi connectivity index (χ0) is 22.2. The number of hydrogen-bond acceptors (Lipinski definition) is 6. The molecule has 2 N–H and O–H groups in total. The van der Waals surface area contributed by atoms with Gasteiger partial charge in [-0.1, -0.05) is 12.8 Å². The van der Waals surface area contributed by atoms with E-state index in [9.17, 15) is 18.3 Å². The third-order valence-corrected chi connectivity index (χ3v) is 5.39.